The lowest BCUT2D eigenvalue weighted by molar-refractivity contribution is -0.132. The number of allylic oxidation sites excluding steroid dienone is 1. The second-order valence-electron chi connectivity index (χ2n) is 4.65. The highest BCUT2D eigenvalue weighted by atomic mass is 16.4. The molecule has 0 unspecified atom stereocenters. The van der Waals surface area contributed by atoms with Crippen LogP contribution in [0, 0.1) is 0 Å². The number of aliphatic hydroxyl groups excluding tert-OH is 1. The molecule has 0 aliphatic heterocycles. The fourth-order valence-corrected chi connectivity index (χ4v) is 1.64. The molecule has 0 aliphatic carbocycles. The quantitative estimate of drug-likeness (QED) is 0.607. The summed E-state index contributed by atoms with van der Waals surface area (Å²) in [6.45, 7) is 3.43. The van der Waals surface area contributed by atoms with E-state index in [1.54, 1.807) is 12.2 Å². The van der Waals surface area contributed by atoms with Crippen LogP contribution in [0.15, 0.2) is 85.2 Å². The number of hydrogen-bond acceptors (Lipinski definition) is 2. The van der Waals surface area contributed by atoms with Crippen molar-refractivity contribution >= 4 is 18.1 Å². The third kappa shape index (κ3) is 8.07. The molecule has 2 aromatic rings. The molecular weight excluding hydrogens is 288 g/mol. The van der Waals surface area contributed by atoms with E-state index in [-0.39, 0.29) is 5.57 Å². The molecule has 3 heteroatoms. The Bertz CT molecular complexity index is 656. The predicted octanol–water partition coefficient (Wildman–Crippen LogP) is 4.95. The van der Waals surface area contributed by atoms with E-state index in [1.807, 2.05) is 66.7 Å². The van der Waals surface area contributed by atoms with Crippen molar-refractivity contribution in [1.29, 1.82) is 0 Å². The van der Waals surface area contributed by atoms with Gasteiger partial charge in [0.25, 0.3) is 0 Å². The standard InChI is InChI=1S/C12H12O2.C8H8O/c1-10(12(13)14)6-5-9-11-7-3-2-4-8-11;9-7-6-8-4-2-1-3-5-8/h2-5,7-9H,1,6H2,(H,13,14);1-7,9H. The molecule has 0 saturated heterocycles. The van der Waals surface area contributed by atoms with Crippen LogP contribution < -0.4 is 0 Å². The summed E-state index contributed by atoms with van der Waals surface area (Å²) in [4.78, 5) is 10.4. The number of rotatable bonds is 5. The number of carbonyl (C=O) groups is 1. The van der Waals surface area contributed by atoms with Crippen molar-refractivity contribution in [3.63, 3.8) is 0 Å². The number of aliphatic hydroxyl groups is 1. The highest BCUT2D eigenvalue weighted by molar-refractivity contribution is 5.86. The van der Waals surface area contributed by atoms with Gasteiger partial charge in [0.2, 0.25) is 0 Å². The molecule has 0 spiro atoms. The molecule has 2 N–H and O–H groups in total. The van der Waals surface area contributed by atoms with Crippen LogP contribution in [0.5, 0.6) is 0 Å². The van der Waals surface area contributed by atoms with Crippen molar-refractivity contribution in [2.24, 2.45) is 0 Å². The summed E-state index contributed by atoms with van der Waals surface area (Å²) in [6.07, 6.45) is 6.74. The average molecular weight is 308 g/mol. The fourth-order valence-electron chi connectivity index (χ4n) is 1.64. The molecule has 0 aromatic heterocycles. The lowest BCUT2D eigenvalue weighted by Crippen LogP contribution is -1.96. The third-order valence-electron chi connectivity index (χ3n) is 2.84. The number of aliphatic carboxylic acids is 1. The highest BCUT2D eigenvalue weighted by Gasteiger charge is 1.99. The second kappa shape index (κ2) is 10.6. The van der Waals surface area contributed by atoms with Crippen LogP contribution in [0.4, 0.5) is 0 Å². The van der Waals surface area contributed by atoms with Crippen molar-refractivity contribution in [2.75, 3.05) is 0 Å². The highest BCUT2D eigenvalue weighted by Crippen LogP contribution is 2.05. The Morgan fingerprint density at radius 3 is 1.83 bits per heavy atom. The van der Waals surface area contributed by atoms with E-state index in [9.17, 15) is 4.79 Å². The van der Waals surface area contributed by atoms with Gasteiger partial charge < -0.3 is 10.2 Å². The molecule has 0 saturated carbocycles. The second-order valence-corrected chi connectivity index (χ2v) is 4.65. The summed E-state index contributed by atoms with van der Waals surface area (Å²) in [5, 5.41) is 16.9. The molecular formula is C20H20O3. The summed E-state index contributed by atoms with van der Waals surface area (Å²) in [7, 11) is 0. The zero-order chi connectivity index (χ0) is 16.9. The van der Waals surface area contributed by atoms with Crippen LogP contribution in [0.2, 0.25) is 0 Å². The zero-order valence-corrected chi connectivity index (χ0v) is 12.8. The van der Waals surface area contributed by atoms with Gasteiger partial charge in [-0.15, -0.1) is 0 Å². The number of carboxylic acid groups (broad SMARTS) is 1. The van der Waals surface area contributed by atoms with Crippen molar-refractivity contribution in [1.82, 2.24) is 0 Å². The fraction of sp³-hybridized carbons (Fsp3) is 0.0500. The summed E-state index contributed by atoms with van der Waals surface area (Å²) < 4.78 is 0. The monoisotopic (exact) mass is 308 g/mol. The minimum absolute atomic E-state index is 0.206. The first-order chi connectivity index (χ1) is 11.1. The van der Waals surface area contributed by atoms with Gasteiger partial charge in [-0.1, -0.05) is 79.4 Å². The summed E-state index contributed by atoms with van der Waals surface area (Å²) >= 11 is 0. The molecule has 0 aliphatic rings. The Morgan fingerprint density at radius 1 is 0.913 bits per heavy atom. The zero-order valence-electron chi connectivity index (χ0n) is 12.8. The maximum Gasteiger partial charge on any atom is 0.331 e. The van der Waals surface area contributed by atoms with Crippen molar-refractivity contribution in [3.05, 3.63) is 96.3 Å². The van der Waals surface area contributed by atoms with Gasteiger partial charge in [0.05, 0.1) is 6.26 Å². The molecule has 0 radical (unpaired) electrons. The average Bonchev–Trinajstić information content (AvgIpc) is 2.57. The first-order valence-corrected chi connectivity index (χ1v) is 7.12. The van der Waals surface area contributed by atoms with Gasteiger partial charge >= 0.3 is 5.97 Å². The lowest BCUT2D eigenvalue weighted by Gasteiger charge is -1.93. The van der Waals surface area contributed by atoms with E-state index >= 15 is 0 Å². The number of hydrogen-bond donors (Lipinski definition) is 2. The van der Waals surface area contributed by atoms with Crippen LogP contribution in [-0.2, 0) is 4.79 Å². The van der Waals surface area contributed by atoms with Gasteiger partial charge in [-0.05, 0) is 23.6 Å². The van der Waals surface area contributed by atoms with Crippen LogP contribution >= 0.6 is 0 Å². The Kier molecular flexibility index (Phi) is 8.31. The molecule has 0 atom stereocenters. The molecule has 2 rings (SSSR count). The molecule has 118 valence electrons. The van der Waals surface area contributed by atoms with Gasteiger partial charge in [0.1, 0.15) is 0 Å². The van der Waals surface area contributed by atoms with Gasteiger partial charge in [0.15, 0.2) is 0 Å². The minimum Gasteiger partial charge on any atom is -0.516 e. The Morgan fingerprint density at radius 2 is 1.39 bits per heavy atom. The van der Waals surface area contributed by atoms with E-state index in [0.29, 0.717) is 6.42 Å². The van der Waals surface area contributed by atoms with Gasteiger partial charge in [-0.3, -0.25) is 0 Å². The Balaban J connectivity index is 0.000000253. The maximum atomic E-state index is 10.4. The van der Waals surface area contributed by atoms with E-state index in [1.165, 1.54) is 0 Å². The van der Waals surface area contributed by atoms with Crippen LogP contribution in [0.1, 0.15) is 17.5 Å². The van der Waals surface area contributed by atoms with Gasteiger partial charge in [0, 0.05) is 5.57 Å². The van der Waals surface area contributed by atoms with E-state index < -0.39 is 5.97 Å². The van der Waals surface area contributed by atoms with Crippen molar-refractivity contribution in [3.8, 4) is 0 Å². The molecule has 0 heterocycles. The molecule has 0 fully saturated rings. The molecule has 23 heavy (non-hydrogen) atoms. The normalized spacial score (nSPS) is 10.3. The number of benzene rings is 2. The third-order valence-corrected chi connectivity index (χ3v) is 2.84. The Labute approximate surface area is 136 Å². The van der Waals surface area contributed by atoms with E-state index in [4.69, 9.17) is 10.2 Å². The minimum atomic E-state index is -0.942. The summed E-state index contributed by atoms with van der Waals surface area (Å²) in [5.41, 5.74) is 2.28. The van der Waals surface area contributed by atoms with Crippen molar-refractivity contribution < 1.29 is 15.0 Å². The van der Waals surface area contributed by atoms with E-state index in [0.717, 1.165) is 17.4 Å². The molecule has 0 bridgehead atoms. The largest absolute Gasteiger partial charge is 0.516 e. The number of carboxylic acids is 1. The molecule has 0 amide bonds. The topological polar surface area (TPSA) is 57.5 Å². The van der Waals surface area contributed by atoms with E-state index in [2.05, 4.69) is 6.58 Å². The lowest BCUT2D eigenvalue weighted by atomic mass is 10.1. The maximum absolute atomic E-state index is 10.4. The molecule has 2 aromatic carbocycles. The van der Waals surface area contributed by atoms with Gasteiger partial charge in [-0.2, -0.15) is 0 Å². The first kappa shape index (κ1) is 18.0. The SMILES string of the molecule is C=C(CC=Cc1ccccc1)C(=O)O.OC=Cc1ccccc1. The Hall–Kier alpha value is -3.07. The first-order valence-electron chi connectivity index (χ1n) is 7.12. The smallest absolute Gasteiger partial charge is 0.331 e. The summed E-state index contributed by atoms with van der Waals surface area (Å²) in [5.74, 6) is -0.942. The van der Waals surface area contributed by atoms with Gasteiger partial charge in [-0.25, -0.2) is 4.79 Å². The van der Waals surface area contributed by atoms with Crippen LogP contribution in [-0.4, -0.2) is 16.2 Å². The predicted molar refractivity (Wildman–Crippen MR) is 95.0 cm³/mol. The molecule has 3 nitrogen and oxygen atoms in total. The van der Waals surface area contributed by atoms with Crippen LogP contribution in [0.25, 0.3) is 12.2 Å². The van der Waals surface area contributed by atoms with Crippen LogP contribution in [0.3, 0.4) is 0 Å². The van der Waals surface area contributed by atoms with Crippen molar-refractivity contribution in [2.45, 2.75) is 6.42 Å². The summed E-state index contributed by atoms with van der Waals surface area (Å²) in [6, 6.07) is 19.4.